The monoisotopic (exact) mass is 1760 g/mol. The Bertz CT molecular complexity index is 5660. The van der Waals surface area contributed by atoms with Crippen LogP contribution in [0.15, 0.2) is 334 Å². The van der Waals surface area contributed by atoms with E-state index in [0.717, 1.165) is 0 Å². The fourth-order valence-electron chi connectivity index (χ4n) is 14.7. The van der Waals surface area contributed by atoms with Gasteiger partial charge in [0.25, 0.3) is 0 Å². The summed E-state index contributed by atoms with van der Waals surface area (Å²) in [5, 5.41) is 13.4. The first-order chi connectivity index (χ1) is 63.4. The Morgan fingerprint density at radius 1 is 0.215 bits per heavy atom. The highest BCUT2D eigenvalue weighted by molar-refractivity contribution is 5.95. The molecule has 130 heavy (non-hydrogen) atoms. The van der Waals surface area contributed by atoms with Crippen molar-refractivity contribution in [2.24, 2.45) is 0 Å². The van der Waals surface area contributed by atoms with Crippen molar-refractivity contribution in [1.29, 1.82) is 0 Å². The topological polar surface area (TPSA) is 374 Å². The molecule has 11 aromatic carbocycles. The summed E-state index contributed by atoms with van der Waals surface area (Å²) in [5.74, 6) is -11.5. The maximum atomic E-state index is 15.4. The molecular weight excluding hydrogens is 1680 g/mol. The van der Waals surface area contributed by atoms with Crippen LogP contribution in [0.3, 0.4) is 0 Å². The van der Waals surface area contributed by atoms with Gasteiger partial charge in [-0.2, -0.15) is 0 Å². The molecule has 15 rings (SSSR count). The highest BCUT2D eigenvalue weighted by Gasteiger charge is 2.61. The zero-order chi connectivity index (χ0) is 90.4. The van der Waals surface area contributed by atoms with E-state index in [4.69, 9.17) is 85.3 Å². The number of carbonyl (C=O) groups is 11. The van der Waals surface area contributed by atoms with Gasteiger partial charge in [-0.3, -0.25) is 0 Å². The molecule has 30 nitrogen and oxygen atoms in total. The van der Waals surface area contributed by atoms with E-state index in [9.17, 15) is 38.7 Å². The molecule has 4 fully saturated rings. The summed E-state index contributed by atoms with van der Waals surface area (Å²) in [7, 11) is 0. The Morgan fingerprint density at radius 2 is 0.415 bits per heavy atom. The zero-order valence-corrected chi connectivity index (χ0v) is 69.1. The molecule has 664 valence electrons. The van der Waals surface area contributed by atoms with E-state index in [1.165, 1.54) is 201 Å². The summed E-state index contributed by atoms with van der Waals surface area (Å²) < 4.78 is 117. The summed E-state index contributed by atoms with van der Waals surface area (Å²) in [6.07, 6.45) is -38.7. The maximum absolute atomic E-state index is 15.4. The van der Waals surface area contributed by atoms with Gasteiger partial charge in [-0.1, -0.05) is 200 Å². The van der Waals surface area contributed by atoms with Crippen LogP contribution in [0.1, 0.15) is 121 Å². The van der Waals surface area contributed by atoms with Crippen molar-refractivity contribution >= 4 is 65.7 Å². The SMILES string of the molecule is C[C@H]1O[C@H](OC[C@@H]2O[C@@H](O)[C@@H](O[C@H]3O[C@H](COC(=O)c4ccccc4)[C@H](OC(=O)c4ccccc4)[C@H](OC(=O)c4ccccc4)[C@H]3O[C@@H]3O[C@@H](COC(=O)c4ccccc4)[C@H](OC(=O)c4ccccc4)[C@H]3OC(=O)c3ccccc3)[C@@H](OC(=O)c3ccccc3)[C@@H]2OC(=O)c2ccccc2)[C@H](OC(=O)c2ccccc2)[C@H](OC(=O)c2ccccc2)[C@@H]1OC(=O)c1ccccc1. The van der Waals surface area contributed by atoms with Gasteiger partial charge >= 0.3 is 65.7 Å². The fraction of sp³-hybridized carbons (Fsp3) is 0.230. The molecule has 0 amide bonds. The number of esters is 11. The van der Waals surface area contributed by atoms with Crippen molar-refractivity contribution in [3.8, 4) is 0 Å². The second-order valence-corrected chi connectivity index (χ2v) is 29.9. The van der Waals surface area contributed by atoms with Crippen molar-refractivity contribution in [3.63, 3.8) is 0 Å². The lowest BCUT2D eigenvalue weighted by Crippen LogP contribution is -2.67. The van der Waals surface area contributed by atoms with Gasteiger partial charge in [-0.25, -0.2) is 52.7 Å². The maximum Gasteiger partial charge on any atom is 0.338 e. The van der Waals surface area contributed by atoms with E-state index in [0.29, 0.717) is 0 Å². The Balaban J connectivity index is 0.874. The molecule has 0 radical (unpaired) electrons. The van der Waals surface area contributed by atoms with Crippen molar-refractivity contribution in [3.05, 3.63) is 395 Å². The number of benzene rings is 11. The highest BCUT2D eigenvalue weighted by Crippen LogP contribution is 2.41. The van der Waals surface area contributed by atoms with Gasteiger partial charge in [0.15, 0.2) is 92.3 Å². The molecule has 4 aliphatic rings. The molecule has 0 aromatic heterocycles. The van der Waals surface area contributed by atoms with Gasteiger partial charge in [0, 0.05) is 0 Å². The fourth-order valence-corrected chi connectivity index (χ4v) is 14.7. The molecule has 0 saturated carbocycles. The van der Waals surface area contributed by atoms with Gasteiger partial charge in [-0.15, -0.1) is 0 Å². The molecular formula is C100H84O30. The first-order valence-electron chi connectivity index (χ1n) is 41.4. The van der Waals surface area contributed by atoms with Crippen molar-refractivity contribution in [2.45, 2.75) is 124 Å². The third-order valence-corrected chi connectivity index (χ3v) is 21.3. The average Bonchev–Trinajstić information content (AvgIpc) is 1.05. The number of rotatable bonds is 31. The van der Waals surface area contributed by atoms with Crippen LogP contribution < -0.4 is 0 Å². The van der Waals surface area contributed by atoms with Crippen LogP contribution in [-0.2, 0) is 85.3 Å². The van der Waals surface area contributed by atoms with E-state index in [1.54, 1.807) is 140 Å². The lowest BCUT2D eigenvalue weighted by atomic mass is 9.95. The zero-order valence-electron chi connectivity index (χ0n) is 69.1. The van der Waals surface area contributed by atoms with Crippen LogP contribution in [-0.4, -0.2) is 207 Å². The molecule has 4 heterocycles. The normalized spacial score (nSPS) is 24.4. The lowest BCUT2D eigenvalue weighted by Gasteiger charge is -2.49. The molecule has 0 unspecified atom stereocenters. The largest absolute Gasteiger partial charge is 0.459 e. The molecule has 0 aliphatic carbocycles. The summed E-state index contributed by atoms with van der Waals surface area (Å²) in [6.45, 7) is -1.26. The Kier molecular flexibility index (Phi) is 29.9. The summed E-state index contributed by atoms with van der Waals surface area (Å²) in [5.41, 5.74) is -0.478. The van der Waals surface area contributed by atoms with E-state index in [-0.39, 0.29) is 61.2 Å². The van der Waals surface area contributed by atoms with E-state index in [1.807, 2.05) is 0 Å². The summed E-state index contributed by atoms with van der Waals surface area (Å²) in [6, 6.07) is 83.0. The smallest absolute Gasteiger partial charge is 0.338 e. The number of ether oxygens (including phenoxy) is 18. The van der Waals surface area contributed by atoms with Gasteiger partial charge in [0.1, 0.15) is 31.5 Å². The Morgan fingerprint density at radius 3 is 0.700 bits per heavy atom. The van der Waals surface area contributed by atoms with E-state index in [2.05, 4.69) is 0 Å². The van der Waals surface area contributed by atoms with Crippen LogP contribution in [0.5, 0.6) is 0 Å². The molecule has 1 N–H and O–H groups in total. The second-order valence-electron chi connectivity index (χ2n) is 29.9. The second kappa shape index (κ2) is 43.2. The number of hydrogen-bond donors (Lipinski definition) is 1. The quantitative estimate of drug-likeness (QED) is 0.0311. The Labute approximate surface area is 743 Å². The molecule has 30 heteroatoms. The third kappa shape index (κ3) is 22.4. The Hall–Kier alpha value is -14.7. The minimum absolute atomic E-state index is 0.00602. The molecule has 0 bridgehead atoms. The van der Waals surface area contributed by atoms with Gasteiger partial charge in [0.2, 0.25) is 0 Å². The molecule has 19 atom stereocenters. The van der Waals surface area contributed by atoms with Crippen LogP contribution in [0.25, 0.3) is 0 Å². The lowest BCUT2D eigenvalue weighted by molar-refractivity contribution is -0.378. The van der Waals surface area contributed by atoms with Crippen LogP contribution in [0.4, 0.5) is 0 Å². The van der Waals surface area contributed by atoms with Crippen molar-refractivity contribution in [2.75, 3.05) is 19.8 Å². The van der Waals surface area contributed by atoms with Crippen LogP contribution >= 0.6 is 0 Å². The standard InChI is InChI=1S/C100H84O30/c1-60-75(120-88(103)63-39-17-4-18-40-63)79(124-92(107)67-47-25-8-26-48-67)84(128-96(111)71-55-33-12-34-56-71)98(116-60)115-59-72-76(121-89(104)64-41-19-5-20-42-64)80(125-93(108)68-49-27-9-28-50-68)82(97(112)117-72)129-100-85(81(126-94(109)69-51-29-10-30-52-69)77(122-90(105)65-43-21-6-22-44-65)73(118-100)57-113-86(101)61-35-13-2-14-36-61)130-99-83(127-95(110)70-53-31-11-32-54-70)78(123-91(106)66-45-23-7-24-46-66)74(119-99)58-114-87(102)62-37-15-3-16-38-62/h2-56,60,72-85,97-100,112H,57-59H2,1H3/t60-,72+,73-,74+,75-,76-,77+,78+,79-,80+,81+,82+,83-,84-,85-,97-,98+,99+,100-/m1/s1. The number of hydrogen-bond acceptors (Lipinski definition) is 30. The van der Waals surface area contributed by atoms with E-state index >= 15 is 19.2 Å². The van der Waals surface area contributed by atoms with Crippen molar-refractivity contribution < 1.29 is 143 Å². The van der Waals surface area contributed by atoms with Gasteiger partial charge in [-0.05, 0) is 140 Å². The van der Waals surface area contributed by atoms with Gasteiger partial charge in [0.05, 0.1) is 73.9 Å². The van der Waals surface area contributed by atoms with Crippen LogP contribution in [0.2, 0.25) is 0 Å². The minimum Gasteiger partial charge on any atom is -0.459 e. The molecule has 0 spiro atoms. The molecule has 11 aromatic rings. The first kappa shape index (κ1) is 90.1. The predicted octanol–water partition coefficient (Wildman–Crippen LogP) is 12.4. The minimum atomic E-state index is -2.54. The van der Waals surface area contributed by atoms with Gasteiger partial charge < -0.3 is 90.4 Å². The number of aliphatic hydroxyl groups excluding tert-OH is 1. The third-order valence-electron chi connectivity index (χ3n) is 21.3. The van der Waals surface area contributed by atoms with Crippen LogP contribution in [0, 0.1) is 0 Å². The predicted molar refractivity (Wildman–Crippen MR) is 452 cm³/mol. The molecule has 4 aliphatic heterocycles. The first-order valence-corrected chi connectivity index (χ1v) is 41.4. The number of aliphatic hydroxyl groups is 1. The number of carbonyl (C=O) groups excluding carboxylic acids is 11. The van der Waals surface area contributed by atoms with Crippen molar-refractivity contribution in [1.82, 2.24) is 0 Å². The summed E-state index contributed by atoms with van der Waals surface area (Å²) >= 11 is 0. The molecule has 4 saturated heterocycles. The summed E-state index contributed by atoms with van der Waals surface area (Å²) in [4.78, 5) is 163. The van der Waals surface area contributed by atoms with E-state index < -0.39 is 202 Å². The highest BCUT2D eigenvalue weighted by atomic mass is 16.8. The average molecular weight is 1770 g/mol.